The van der Waals surface area contributed by atoms with Gasteiger partial charge < -0.3 is 9.80 Å². The van der Waals surface area contributed by atoms with E-state index in [1.54, 1.807) is 18.1 Å². The number of aromatic amines is 1. The van der Waals surface area contributed by atoms with E-state index in [4.69, 9.17) is 0 Å². The first kappa shape index (κ1) is 10.7. The topological polar surface area (TPSA) is 52.2 Å². The number of halogens is 1. The highest BCUT2D eigenvalue weighted by Crippen LogP contribution is 2.36. The Balaban J connectivity index is 2.51. The van der Waals surface area contributed by atoms with Gasteiger partial charge in [-0.05, 0) is 36.4 Å². The van der Waals surface area contributed by atoms with Crippen molar-refractivity contribution < 1.29 is 4.79 Å². The van der Waals surface area contributed by atoms with Gasteiger partial charge in [0, 0.05) is 13.1 Å². The zero-order valence-corrected chi connectivity index (χ0v) is 11.0. The van der Waals surface area contributed by atoms with Crippen LogP contribution in [0.5, 0.6) is 0 Å². The fourth-order valence-electron chi connectivity index (χ4n) is 1.74. The molecule has 1 atom stereocenters. The number of alkyl halides is 1. The quantitative estimate of drug-likeness (QED) is 0.483. The average Bonchev–Trinajstić information content (AvgIpc) is 2.62. The Morgan fingerprint density at radius 2 is 2.27 bits per heavy atom. The number of H-pyrrole nitrogens is 1. The Labute approximate surface area is 102 Å². The predicted molar refractivity (Wildman–Crippen MR) is 67.4 cm³/mol. The number of hydrogen-bond acceptors (Lipinski definition) is 3. The fourth-order valence-corrected chi connectivity index (χ4v) is 3.08. The van der Waals surface area contributed by atoms with Crippen molar-refractivity contribution in [3.63, 3.8) is 0 Å². The van der Waals surface area contributed by atoms with Gasteiger partial charge >= 0.3 is 0 Å². The Hall–Kier alpha value is -0.790. The second-order valence-electron chi connectivity index (χ2n) is 3.84. The molecule has 0 radical (unpaired) electrons. The van der Waals surface area contributed by atoms with Gasteiger partial charge in [0.05, 0.1) is 6.20 Å². The first-order valence-corrected chi connectivity index (χ1v) is 6.02. The Morgan fingerprint density at radius 3 is 2.87 bits per heavy atom. The van der Waals surface area contributed by atoms with E-state index in [9.17, 15) is 4.79 Å². The molecule has 0 spiro atoms. The third kappa shape index (κ3) is 1.51. The second-order valence-corrected chi connectivity index (χ2v) is 5.02. The SMILES string of the molecule is CC(C)N1c2[nH]ncc2N(C)C(=O)[C@@H]1I. The van der Waals surface area contributed by atoms with Gasteiger partial charge in [-0.15, -0.1) is 0 Å². The van der Waals surface area contributed by atoms with E-state index in [0.29, 0.717) is 0 Å². The van der Waals surface area contributed by atoms with E-state index in [-0.39, 0.29) is 16.0 Å². The molecule has 2 heterocycles. The number of carbonyl (C=O) groups excluding carboxylic acids is 1. The number of carbonyl (C=O) groups is 1. The molecule has 2 rings (SSSR count). The average molecular weight is 320 g/mol. The molecule has 1 aromatic heterocycles. The summed E-state index contributed by atoms with van der Waals surface area (Å²) in [6, 6.07) is 0.267. The minimum atomic E-state index is -0.166. The molecular formula is C9H13IN4O. The van der Waals surface area contributed by atoms with Crippen LogP contribution >= 0.6 is 22.6 Å². The van der Waals surface area contributed by atoms with Crippen molar-refractivity contribution in [3.8, 4) is 0 Å². The Morgan fingerprint density at radius 1 is 1.60 bits per heavy atom. The molecule has 6 heteroatoms. The number of aromatic nitrogens is 2. The summed E-state index contributed by atoms with van der Waals surface area (Å²) in [6.45, 7) is 4.13. The minimum absolute atomic E-state index is 0.0956. The molecule has 5 nitrogen and oxygen atoms in total. The minimum Gasteiger partial charge on any atom is -0.332 e. The molecule has 1 amide bonds. The standard InChI is InChI=1S/C9H13IN4O/c1-5(2)14-7(10)9(15)13(3)6-4-11-12-8(6)14/h4-5,7H,1-3H3,(H,11,12)/t7-/m1/s1. The number of amides is 1. The molecule has 0 fully saturated rings. The molecule has 15 heavy (non-hydrogen) atoms. The molecule has 82 valence electrons. The molecule has 1 N–H and O–H groups in total. The zero-order valence-electron chi connectivity index (χ0n) is 8.86. The normalized spacial score (nSPS) is 21.1. The van der Waals surface area contributed by atoms with Crippen LogP contribution in [0.15, 0.2) is 6.20 Å². The van der Waals surface area contributed by atoms with Gasteiger partial charge in [0.15, 0.2) is 4.05 Å². The van der Waals surface area contributed by atoms with Crippen LogP contribution in [0.3, 0.4) is 0 Å². The molecule has 0 aliphatic carbocycles. The van der Waals surface area contributed by atoms with E-state index in [2.05, 4.69) is 46.6 Å². The molecule has 1 aliphatic heterocycles. The number of anilines is 2. The van der Waals surface area contributed by atoms with E-state index >= 15 is 0 Å². The van der Waals surface area contributed by atoms with Crippen molar-refractivity contribution in [1.82, 2.24) is 10.2 Å². The number of nitrogens with zero attached hydrogens (tertiary/aromatic N) is 3. The summed E-state index contributed by atoms with van der Waals surface area (Å²) in [4.78, 5) is 15.6. The Bertz CT molecular complexity index is 389. The smallest absolute Gasteiger partial charge is 0.259 e. The monoisotopic (exact) mass is 320 g/mol. The van der Waals surface area contributed by atoms with E-state index in [1.165, 1.54) is 0 Å². The number of likely N-dealkylation sites (N-methyl/N-ethyl adjacent to an activating group) is 1. The molecular weight excluding hydrogens is 307 g/mol. The first-order valence-electron chi connectivity index (χ1n) is 4.77. The van der Waals surface area contributed by atoms with Gasteiger partial charge in [-0.25, -0.2) is 0 Å². The van der Waals surface area contributed by atoms with Crippen LogP contribution in [0, 0.1) is 0 Å². The van der Waals surface area contributed by atoms with Crippen LogP contribution in [0.25, 0.3) is 0 Å². The van der Waals surface area contributed by atoms with E-state index in [1.807, 2.05) is 4.90 Å². The van der Waals surface area contributed by atoms with Crippen molar-refractivity contribution >= 4 is 40.0 Å². The summed E-state index contributed by atoms with van der Waals surface area (Å²) in [7, 11) is 1.78. The lowest BCUT2D eigenvalue weighted by Gasteiger charge is -2.38. The van der Waals surface area contributed by atoms with Gasteiger partial charge in [0.2, 0.25) is 0 Å². The molecule has 0 saturated heterocycles. The summed E-state index contributed by atoms with van der Waals surface area (Å²) in [5.41, 5.74) is 0.849. The number of nitrogens with one attached hydrogen (secondary N) is 1. The predicted octanol–water partition coefficient (Wildman–Crippen LogP) is 1.36. The van der Waals surface area contributed by atoms with Gasteiger partial charge in [-0.1, -0.05) is 0 Å². The third-order valence-corrected chi connectivity index (χ3v) is 3.69. The summed E-state index contributed by atoms with van der Waals surface area (Å²) in [6.07, 6.45) is 1.69. The van der Waals surface area contributed by atoms with Crippen LogP contribution in [0.4, 0.5) is 11.5 Å². The van der Waals surface area contributed by atoms with E-state index < -0.39 is 0 Å². The number of rotatable bonds is 1. The molecule has 0 unspecified atom stereocenters. The molecule has 0 saturated carbocycles. The summed E-state index contributed by atoms with van der Waals surface area (Å²) >= 11 is 2.16. The van der Waals surface area contributed by atoms with Crippen molar-refractivity contribution in [2.24, 2.45) is 0 Å². The zero-order chi connectivity index (χ0) is 11.2. The van der Waals surface area contributed by atoms with Crippen molar-refractivity contribution in [3.05, 3.63) is 6.20 Å². The van der Waals surface area contributed by atoms with Crippen molar-refractivity contribution in [2.45, 2.75) is 23.9 Å². The largest absolute Gasteiger partial charge is 0.332 e. The van der Waals surface area contributed by atoms with Gasteiger partial charge in [-0.3, -0.25) is 9.89 Å². The fraction of sp³-hybridized carbons (Fsp3) is 0.556. The molecule has 0 bridgehead atoms. The van der Waals surface area contributed by atoms with Crippen LogP contribution in [0.1, 0.15) is 13.8 Å². The van der Waals surface area contributed by atoms with Crippen molar-refractivity contribution in [2.75, 3.05) is 16.8 Å². The lowest BCUT2D eigenvalue weighted by Crippen LogP contribution is -2.51. The molecule has 0 aromatic carbocycles. The second kappa shape index (κ2) is 3.66. The lowest BCUT2D eigenvalue weighted by molar-refractivity contribution is -0.117. The Kier molecular flexibility index (Phi) is 2.61. The van der Waals surface area contributed by atoms with Crippen LogP contribution in [-0.2, 0) is 4.79 Å². The lowest BCUT2D eigenvalue weighted by atomic mass is 10.2. The maximum absolute atomic E-state index is 11.9. The number of hydrogen-bond donors (Lipinski definition) is 1. The van der Waals surface area contributed by atoms with E-state index in [0.717, 1.165) is 11.5 Å². The summed E-state index contributed by atoms with van der Waals surface area (Å²) < 4.78 is -0.166. The summed E-state index contributed by atoms with van der Waals surface area (Å²) in [5, 5.41) is 6.94. The summed E-state index contributed by atoms with van der Waals surface area (Å²) in [5.74, 6) is 1.02. The molecule has 1 aliphatic rings. The van der Waals surface area contributed by atoms with Crippen LogP contribution in [0.2, 0.25) is 0 Å². The number of fused-ring (bicyclic) bond motifs is 1. The highest BCUT2D eigenvalue weighted by atomic mass is 127. The van der Waals surface area contributed by atoms with Gasteiger partial charge in [0.25, 0.3) is 5.91 Å². The maximum atomic E-state index is 11.9. The van der Waals surface area contributed by atoms with Gasteiger partial charge in [-0.2, -0.15) is 5.10 Å². The first-order chi connectivity index (χ1) is 7.04. The van der Waals surface area contributed by atoms with Gasteiger partial charge in [0.1, 0.15) is 11.5 Å². The highest BCUT2D eigenvalue weighted by Gasteiger charge is 2.37. The molecule has 1 aromatic rings. The maximum Gasteiger partial charge on any atom is 0.259 e. The van der Waals surface area contributed by atoms with Crippen LogP contribution in [-0.4, -0.2) is 33.2 Å². The van der Waals surface area contributed by atoms with Crippen LogP contribution < -0.4 is 9.80 Å². The third-order valence-electron chi connectivity index (χ3n) is 2.55. The highest BCUT2D eigenvalue weighted by molar-refractivity contribution is 14.1. The van der Waals surface area contributed by atoms with Crippen molar-refractivity contribution in [1.29, 1.82) is 0 Å².